The zero-order valence-corrected chi connectivity index (χ0v) is 10.4. The number of anilines is 1. The monoisotopic (exact) mass is 264 g/mol. The molecule has 0 aromatic carbocycles. The first-order chi connectivity index (χ1) is 8.00. The summed E-state index contributed by atoms with van der Waals surface area (Å²) in [5.74, 6) is 0.585. The van der Waals surface area contributed by atoms with E-state index in [1.165, 1.54) is 6.42 Å². The maximum absolute atomic E-state index is 12.5. The molecule has 96 valence electrons. The lowest BCUT2D eigenvalue weighted by Crippen LogP contribution is -2.34. The van der Waals surface area contributed by atoms with Crippen molar-refractivity contribution in [1.29, 1.82) is 0 Å². The number of aromatic nitrogens is 1. The Hall–Kier alpha value is -0.780. The lowest BCUT2D eigenvalue weighted by atomic mass is 9.96. The van der Waals surface area contributed by atoms with E-state index < -0.39 is 11.1 Å². The molecule has 2 heterocycles. The summed E-state index contributed by atoms with van der Waals surface area (Å²) in [6.07, 6.45) is -0.0383. The van der Waals surface area contributed by atoms with Crippen molar-refractivity contribution in [3.63, 3.8) is 0 Å². The summed E-state index contributed by atoms with van der Waals surface area (Å²) >= 11 is 0.749. The Morgan fingerprint density at radius 1 is 1.53 bits per heavy atom. The molecular formula is C11H15F3N2S. The van der Waals surface area contributed by atoms with Gasteiger partial charge >= 0.3 is 6.18 Å². The average Bonchev–Trinajstić information content (AvgIpc) is 2.78. The molecule has 2 nitrogen and oxygen atoms in total. The molecule has 1 unspecified atom stereocenters. The Bertz CT molecular complexity index is 375. The third-order valence-corrected chi connectivity index (χ3v) is 4.24. The number of rotatable bonds is 2. The van der Waals surface area contributed by atoms with Crippen molar-refractivity contribution < 1.29 is 13.2 Å². The van der Waals surface area contributed by atoms with Crippen molar-refractivity contribution in [3.8, 4) is 0 Å². The highest BCUT2D eigenvalue weighted by Crippen LogP contribution is 2.37. The third kappa shape index (κ3) is 2.91. The SMILES string of the molecule is CCC1CCCN(c2ncc(C(F)(F)F)s2)C1. The molecule has 1 saturated heterocycles. The molecule has 0 saturated carbocycles. The van der Waals surface area contributed by atoms with Crippen LogP contribution < -0.4 is 4.90 Å². The predicted octanol–water partition coefficient (Wildman–Crippen LogP) is 3.79. The molecule has 6 heteroatoms. The number of piperidine rings is 1. The van der Waals surface area contributed by atoms with E-state index in [2.05, 4.69) is 11.9 Å². The minimum absolute atomic E-state index is 0.510. The highest BCUT2D eigenvalue weighted by Gasteiger charge is 2.34. The van der Waals surface area contributed by atoms with Gasteiger partial charge in [0.15, 0.2) is 5.13 Å². The summed E-state index contributed by atoms with van der Waals surface area (Å²) in [6.45, 7) is 3.78. The quantitative estimate of drug-likeness (QED) is 0.808. The van der Waals surface area contributed by atoms with E-state index >= 15 is 0 Å². The van der Waals surface area contributed by atoms with E-state index in [1.807, 2.05) is 4.90 Å². The van der Waals surface area contributed by atoms with Gasteiger partial charge in [0.25, 0.3) is 0 Å². The van der Waals surface area contributed by atoms with Crippen molar-refractivity contribution in [2.24, 2.45) is 5.92 Å². The van der Waals surface area contributed by atoms with E-state index in [0.717, 1.165) is 43.5 Å². The Morgan fingerprint density at radius 2 is 2.29 bits per heavy atom. The lowest BCUT2D eigenvalue weighted by Gasteiger charge is -2.31. The number of alkyl halides is 3. The van der Waals surface area contributed by atoms with Crippen molar-refractivity contribution >= 4 is 16.5 Å². The molecule has 17 heavy (non-hydrogen) atoms. The zero-order valence-electron chi connectivity index (χ0n) is 9.63. The molecule has 0 amide bonds. The van der Waals surface area contributed by atoms with E-state index in [1.54, 1.807) is 0 Å². The van der Waals surface area contributed by atoms with Gasteiger partial charge in [-0.1, -0.05) is 24.7 Å². The maximum Gasteiger partial charge on any atom is 0.427 e. The minimum Gasteiger partial charge on any atom is -0.348 e. The molecule has 1 aliphatic rings. The largest absolute Gasteiger partial charge is 0.427 e. The molecule has 0 N–H and O–H groups in total. The summed E-state index contributed by atoms with van der Waals surface area (Å²) in [6, 6.07) is 0. The van der Waals surface area contributed by atoms with Gasteiger partial charge in [-0.15, -0.1) is 0 Å². The second-order valence-corrected chi connectivity index (χ2v) is 5.38. The Labute approximate surface area is 102 Å². The molecule has 1 aliphatic heterocycles. The third-order valence-electron chi connectivity index (χ3n) is 3.14. The van der Waals surface area contributed by atoms with Gasteiger partial charge in [-0.3, -0.25) is 0 Å². The molecule has 0 radical (unpaired) electrons. The summed E-state index contributed by atoms with van der Waals surface area (Å²) in [4.78, 5) is 5.28. The molecule has 0 bridgehead atoms. The summed E-state index contributed by atoms with van der Waals surface area (Å²) in [5.41, 5.74) is 0. The Balaban J connectivity index is 2.09. The van der Waals surface area contributed by atoms with Gasteiger partial charge in [0.2, 0.25) is 0 Å². The number of halogens is 3. The topological polar surface area (TPSA) is 16.1 Å². The van der Waals surface area contributed by atoms with Gasteiger partial charge in [-0.25, -0.2) is 4.98 Å². The van der Waals surface area contributed by atoms with E-state index in [9.17, 15) is 13.2 Å². The van der Waals surface area contributed by atoms with E-state index in [-0.39, 0.29) is 0 Å². The first kappa shape index (κ1) is 12.7. The van der Waals surface area contributed by atoms with Crippen LogP contribution in [0.4, 0.5) is 18.3 Å². The summed E-state index contributed by atoms with van der Waals surface area (Å²) in [7, 11) is 0. The smallest absolute Gasteiger partial charge is 0.348 e. The zero-order chi connectivity index (χ0) is 12.5. The van der Waals surface area contributed by atoms with Crippen LogP contribution in [0, 0.1) is 5.92 Å². The van der Waals surface area contributed by atoms with Gasteiger partial charge < -0.3 is 4.90 Å². The fraction of sp³-hybridized carbons (Fsp3) is 0.727. The van der Waals surface area contributed by atoms with Crippen LogP contribution in [0.3, 0.4) is 0 Å². The van der Waals surface area contributed by atoms with Crippen molar-refractivity contribution in [3.05, 3.63) is 11.1 Å². The average molecular weight is 264 g/mol. The van der Waals surface area contributed by atoms with Crippen LogP contribution >= 0.6 is 11.3 Å². The summed E-state index contributed by atoms with van der Waals surface area (Å²) in [5, 5.41) is 0.510. The van der Waals surface area contributed by atoms with Crippen molar-refractivity contribution in [2.45, 2.75) is 32.4 Å². The molecular weight excluding hydrogens is 249 g/mol. The van der Waals surface area contributed by atoms with Crippen LogP contribution in [-0.2, 0) is 6.18 Å². The first-order valence-corrected chi connectivity index (χ1v) is 6.60. The van der Waals surface area contributed by atoms with Crippen LogP contribution in [0.1, 0.15) is 31.1 Å². The highest BCUT2D eigenvalue weighted by molar-refractivity contribution is 7.15. The van der Waals surface area contributed by atoms with Crippen LogP contribution in [0.15, 0.2) is 6.20 Å². The van der Waals surface area contributed by atoms with Crippen LogP contribution in [0.25, 0.3) is 0 Å². The van der Waals surface area contributed by atoms with E-state index in [4.69, 9.17) is 0 Å². The molecule has 2 rings (SSSR count). The molecule has 1 fully saturated rings. The van der Waals surface area contributed by atoms with Gasteiger partial charge in [0, 0.05) is 13.1 Å². The highest BCUT2D eigenvalue weighted by atomic mass is 32.1. The number of hydrogen-bond acceptors (Lipinski definition) is 3. The number of hydrogen-bond donors (Lipinski definition) is 0. The van der Waals surface area contributed by atoms with Gasteiger partial charge in [-0.05, 0) is 18.8 Å². The van der Waals surface area contributed by atoms with Gasteiger partial charge in [-0.2, -0.15) is 13.2 Å². The fourth-order valence-corrected chi connectivity index (χ4v) is 2.93. The second kappa shape index (κ2) is 4.84. The molecule has 0 spiro atoms. The molecule has 1 aromatic heterocycles. The number of nitrogens with zero attached hydrogens (tertiary/aromatic N) is 2. The predicted molar refractivity (Wildman–Crippen MR) is 62.3 cm³/mol. The van der Waals surface area contributed by atoms with Gasteiger partial charge in [0.05, 0.1) is 6.20 Å². The standard InChI is InChI=1S/C11H15F3N2S/c1-2-8-4-3-5-16(7-8)10-15-6-9(17-10)11(12,13)14/h6,8H,2-5,7H2,1H3. The van der Waals surface area contributed by atoms with Gasteiger partial charge in [0.1, 0.15) is 4.88 Å². The fourth-order valence-electron chi connectivity index (χ4n) is 2.11. The minimum atomic E-state index is -4.27. The van der Waals surface area contributed by atoms with E-state index in [0.29, 0.717) is 11.0 Å². The van der Waals surface area contributed by atoms with Crippen LogP contribution in [-0.4, -0.2) is 18.1 Å². The molecule has 0 aliphatic carbocycles. The van der Waals surface area contributed by atoms with Crippen LogP contribution in [0.5, 0.6) is 0 Å². The lowest BCUT2D eigenvalue weighted by molar-refractivity contribution is -0.134. The van der Waals surface area contributed by atoms with Crippen molar-refractivity contribution in [1.82, 2.24) is 4.98 Å². The second-order valence-electron chi connectivity index (χ2n) is 4.37. The normalized spacial score (nSPS) is 21.9. The molecule has 1 atom stereocenters. The Morgan fingerprint density at radius 3 is 2.88 bits per heavy atom. The van der Waals surface area contributed by atoms with Crippen LogP contribution in [0.2, 0.25) is 0 Å². The summed E-state index contributed by atoms with van der Waals surface area (Å²) < 4.78 is 37.4. The Kier molecular flexibility index (Phi) is 3.61. The van der Waals surface area contributed by atoms with Crippen molar-refractivity contribution in [2.75, 3.05) is 18.0 Å². The number of thiazole rings is 1. The first-order valence-electron chi connectivity index (χ1n) is 5.78. The maximum atomic E-state index is 12.5. The molecule has 1 aromatic rings.